The van der Waals surface area contributed by atoms with Crippen LogP contribution in [0.5, 0.6) is 0 Å². The fourth-order valence-corrected chi connectivity index (χ4v) is 2.78. The first-order valence-corrected chi connectivity index (χ1v) is 6.54. The van der Waals surface area contributed by atoms with Crippen molar-refractivity contribution in [2.45, 2.75) is 44.6 Å². The summed E-state index contributed by atoms with van der Waals surface area (Å²) in [5.74, 6) is 0.707. The third kappa shape index (κ3) is 3.06. The Bertz CT molecular complexity index is 285. The third-order valence-electron chi connectivity index (χ3n) is 3.99. The molecule has 1 amide bonds. The molecule has 17 heavy (non-hydrogen) atoms. The average molecular weight is 239 g/mol. The van der Waals surface area contributed by atoms with Gasteiger partial charge in [0.2, 0.25) is 5.91 Å². The van der Waals surface area contributed by atoms with Crippen LogP contribution in [0.15, 0.2) is 0 Å². The van der Waals surface area contributed by atoms with Gasteiger partial charge >= 0.3 is 0 Å². The Hall–Kier alpha value is -0.900. The minimum atomic E-state index is 0.162. The van der Waals surface area contributed by atoms with Gasteiger partial charge in [-0.25, -0.2) is 0 Å². The number of amides is 1. The second-order valence-corrected chi connectivity index (χ2v) is 5.07. The Morgan fingerprint density at radius 2 is 1.76 bits per heavy atom. The van der Waals surface area contributed by atoms with E-state index in [1.54, 1.807) is 7.11 Å². The normalized spacial score (nSPS) is 30.4. The van der Waals surface area contributed by atoms with Gasteiger partial charge in [-0.3, -0.25) is 9.59 Å². The SMILES string of the molecule is COC1CCC(C(=O)N2CCC(=O)CC2)CC1. The van der Waals surface area contributed by atoms with Crippen LogP contribution in [0.2, 0.25) is 0 Å². The maximum absolute atomic E-state index is 12.2. The first-order chi connectivity index (χ1) is 8.20. The second kappa shape index (κ2) is 5.63. The summed E-state index contributed by atoms with van der Waals surface area (Å²) in [7, 11) is 1.74. The highest BCUT2D eigenvalue weighted by Crippen LogP contribution is 2.28. The van der Waals surface area contributed by atoms with E-state index >= 15 is 0 Å². The average Bonchev–Trinajstić information content (AvgIpc) is 2.39. The van der Waals surface area contributed by atoms with Crippen LogP contribution < -0.4 is 0 Å². The van der Waals surface area contributed by atoms with Gasteiger partial charge in [-0.2, -0.15) is 0 Å². The van der Waals surface area contributed by atoms with E-state index < -0.39 is 0 Å². The number of likely N-dealkylation sites (tertiary alicyclic amines) is 1. The molecule has 0 spiro atoms. The molecule has 4 nitrogen and oxygen atoms in total. The van der Waals surface area contributed by atoms with E-state index in [2.05, 4.69) is 0 Å². The number of ether oxygens (including phenoxy) is 1. The van der Waals surface area contributed by atoms with E-state index in [1.807, 2.05) is 4.90 Å². The number of methoxy groups -OCH3 is 1. The zero-order valence-electron chi connectivity index (χ0n) is 10.5. The van der Waals surface area contributed by atoms with Crippen molar-refractivity contribution in [2.24, 2.45) is 5.92 Å². The molecular formula is C13H21NO3. The number of hydrogen-bond donors (Lipinski definition) is 0. The van der Waals surface area contributed by atoms with Gasteiger partial charge in [0.25, 0.3) is 0 Å². The minimum absolute atomic E-state index is 0.162. The van der Waals surface area contributed by atoms with Gasteiger partial charge in [-0.15, -0.1) is 0 Å². The Morgan fingerprint density at radius 3 is 2.29 bits per heavy atom. The lowest BCUT2D eigenvalue weighted by atomic mass is 9.86. The predicted molar refractivity (Wildman–Crippen MR) is 63.6 cm³/mol. The minimum Gasteiger partial charge on any atom is -0.381 e. The lowest BCUT2D eigenvalue weighted by molar-refractivity contribution is -0.139. The molecular weight excluding hydrogens is 218 g/mol. The van der Waals surface area contributed by atoms with Gasteiger partial charge < -0.3 is 9.64 Å². The monoisotopic (exact) mass is 239 g/mol. The van der Waals surface area contributed by atoms with E-state index in [0.717, 1.165) is 25.7 Å². The molecule has 0 aromatic heterocycles. The van der Waals surface area contributed by atoms with Crippen molar-refractivity contribution in [1.29, 1.82) is 0 Å². The summed E-state index contributed by atoms with van der Waals surface area (Å²) in [6, 6.07) is 0. The molecule has 0 unspecified atom stereocenters. The summed E-state index contributed by atoms with van der Waals surface area (Å²) >= 11 is 0. The highest BCUT2D eigenvalue weighted by Gasteiger charge is 2.30. The topological polar surface area (TPSA) is 46.6 Å². The molecule has 2 rings (SSSR count). The predicted octanol–water partition coefficient (Wildman–Crippen LogP) is 1.38. The van der Waals surface area contributed by atoms with Crippen molar-refractivity contribution in [2.75, 3.05) is 20.2 Å². The quantitative estimate of drug-likeness (QED) is 0.731. The van der Waals surface area contributed by atoms with E-state index in [4.69, 9.17) is 4.74 Å². The van der Waals surface area contributed by atoms with Crippen LogP contribution in [0.3, 0.4) is 0 Å². The fourth-order valence-electron chi connectivity index (χ4n) is 2.78. The summed E-state index contributed by atoms with van der Waals surface area (Å²) in [6.07, 6.45) is 5.25. The van der Waals surface area contributed by atoms with Crippen molar-refractivity contribution in [1.82, 2.24) is 4.90 Å². The molecule has 0 N–H and O–H groups in total. The van der Waals surface area contributed by atoms with Crippen LogP contribution >= 0.6 is 0 Å². The van der Waals surface area contributed by atoms with E-state index in [0.29, 0.717) is 32.0 Å². The molecule has 0 aromatic rings. The second-order valence-electron chi connectivity index (χ2n) is 5.07. The molecule has 2 fully saturated rings. The van der Waals surface area contributed by atoms with Crippen molar-refractivity contribution >= 4 is 11.7 Å². The molecule has 0 bridgehead atoms. The Kier molecular flexibility index (Phi) is 4.15. The highest BCUT2D eigenvalue weighted by atomic mass is 16.5. The van der Waals surface area contributed by atoms with Gasteiger partial charge in [0.05, 0.1) is 6.10 Å². The number of nitrogens with zero attached hydrogens (tertiary/aromatic N) is 1. The van der Waals surface area contributed by atoms with Crippen LogP contribution in [0.25, 0.3) is 0 Å². The van der Waals surface area contributed by atoms with E-state index in [-0.39, 0.29) is 17.6 Å². The van der Waals surface area contributed by atoms with Crippen LogP contribution in [0.1, 0.15) is 38.5 Å². The number of hydrogen-bond acceptors (Lipinski definition) is 3. The molecule has 1 aliphatic heterocycles. The highest BCUT2D eigenvalue weighted by molar-refractivity contribution is 5.84. The van der Waals surface area contributed by atoms with Crippen molar-refractivity contribution < 1.29 is 14.3 Å². The van der Waals surface area contributed by atoms with Crippen molar-refractivity contribution in [3.8, 4) is 0 Å². The molecule has 4 heteroatoms. The summed E-state index contributed by atoms with van der Waals surface area (Å²) in [6.45, 7) is 1.25. The fraction of sp³-hybridized carbons (Fsp3) is 0.846. The number of piperidine rings is 1. The standard InChI is InChI=1S/C13H21NO3/c1-17-12-4-2-10(3-5-12)13(16)14-8-6-11(15)7-9-14/h10,12H,2-9H2,1H3. The third-order valence-corrected chi connectivity index (χ3v) is 3.99. The molecule has 2 aliphatic rings. The lowest BCUT2D eigenvalue weighted by Crippen LogP contribution is -2.43. The number of ketones is 1. The molecule has 96 valence electrons. The molecule has 1 aliphatic carbocycles. The Morgan fingerprint density at radius 1 is 1.18 bits per heavy atom. The zero-order valence-corrected chi connectivity index (χ0v) is 10.5. The number of carbonyl (C=O) groups excluding carboxylic acids is 2. The lowest BCUT2D eigenvalue weighted by Gasteiger charge is -2.33. The molecule has 1 heterocycles. The Labute approximate surface area is 102 Å². The molecule has 1 saturated heterocycles. The van der Waals surface area contributed by atoms with Gasteiger partial charge in [0, 0.05) is 39.0 Å². The maximum Gasteiger partial charge on any atom is 0.225 e. The molecule has 0 radical (unpaired) electrons. The first-order valence-electron chi connectivity index (χ1n) is 6.54. The molecule has 0 aromatic carbocycles. The van der Waals surface area contributed by atoms with Crippen LogP contribution in [-0.4, -0.2) is 42.9 Å². The van der Waals surface area contributed by atoms with E-state index in [9.17, 15) is 9.59 Å². The molecule has 0 atom stereocenters. The number of carbonyl (C=O) groups is 2. The number of Topliss-reactive ketones (excluding diaryl/α,β-unsaturated/α-hetero) is 1. The van der Waals surface area contributed by atoms with Gasteiger partial charge in [-0.1, -0.05) is 0 Å². The van der Waals surface area contributed by atoms with Crippen LogP contribution in [0, 0.1) is 5.92 Å². The van der Waals surface area contributed by atoms with Gasteiger partial charge in [0.15, 0.2) is 0 Å². The van der Waals surface area contributed by atoms with Gasteiger partial charge in [0.1, 0.15) is 5.78 Å². The summed E-state index contributed by atoms with van der Waals surface area (Å²) < 4.78 is 5.31. The molecule has 1 saturated carbocycles. The summed E-state index contributed by atoms with van der Waals surface area (Å²) in [5, 5.41) is 0. The summed E-state index contributed by atoms with van der Waals surface area (Å²) in [5.41, 5.74) is 0. The van der Waals surface area contributed by atoms with Gasteiger partial charge in [-0.05, 0) is 25.7 Å². The Balaban J connectivity index is 1.82. The number of rotatable bonds is 2. The van der Waals surface area contributed by atoms with Crippen LogP contribution in [0.4, 0.5) is 0 Å². The maximum atomic E-state index is 12.2. The smallest absolute Gasteiger partial charge is 0.225 e. The van der Waals surface area contributed by atoms with Crippen molar-refractivity contribution in [3.63, 3.8) is 0 Å². The van der Waals surface area contributed by atoms with Crippen molar-refractivity contribution in [3.05, 3.63) is 0 Å². The van der Waals surface area contributed by atoms with Crippen LogP contribution in [-0.2, 0) is 14.3 Å². The zero-order chi connectivity index (χ0) is 12.3. The largest absolute Gasteiger partial charge is 0.381 e. The summed E-state index contributed by atoms with van der Waals surface area (Å²) in [4.78, 5) is 25.2. The first kappa shape index (κ1) is 12.6. The van der Waals surface area contributed by atoms with E-state index in [1.165, 1.54) is 0 Å².